The Bertz CT molecular complexity index is 641. The van der Waals surface area contributed by atoms with Crippen LogP contribution in [-0.2, 0) is 0 Å². The average molecular weight is 349 g/mol. The molecule has 0 fully saturated rings. The van der Waals surface area contributed by atoms with Crippen LogP contribution in [0, 0.1) is 6.92 Å². The van der Waals surface area contributed by atoms with E-state index in [4.69, 9.17) is 0 Å². The zero-order chi connectivity index (χ0) is 15.6. The maximum atomic E-state index is 10.1. The maximum absolute atomic E-state index is 10.1. The van der Waals surface area contributed by atoms with Gasteiger partial charge in [0.05, 0.1) is 17.4 Å². The van der Waals surface area contributed by atoms with Gasteiger partial charge in [0.15, 0.2) is 0 Å². The number of hydrogen-bond donors (Lipinski definition) is 2. The molecule has 0 amide bonds. The molecule has 3 nitrogen and oxygen atoms in total. The van der Waals surface area contributed by atoms with E-state index in [-0.39, 0.29) is 6.04 Å². The molecule has 0 heterocycles. The van der Waals surface area contributed by atoms with E-state index in [0.29, 0.717) is 5.75 Å². The van der Waals surface area contributed by atoms with Gasteiger partial charge in [0.25, 0.3) is 0 Å². The van der Waals surface area contributed by atoms with Crippen LogP contribution in [0.15, 0.2) is 40.9 Å². The van der Waals surface area contributed by atoms with Crippen molar-refractivity contribution in [2.24, 2.45) is 0 Å². The molecule has 0 aliphatic heterocycles. The minimum Gasteiger partial charge on any atom is -0.508 e. The van der Waals surface area contributed by atoms with E-state index in [1.54, 1.807) is 6.07 Å². The standard InChI is InChI=1S/C17H21BrN2O/c1-11-5-8-17(21)14(9-11)12(2)19-15-10-13(18)6-7-16(15)20(3)4/h5-10,12,19,21H,1-4H3. The fourth-order valence-corrected chi connectivity index (χ4v) is 2.71. The van der Waals surface area contributed by atoms with E-state index in [2.05, 4.69) is 45.2 Å². The van der Waals surface area contributed by atoms with Crippen molar-refractivity contribution in [1.82, 2.24) is 0 Å². The summed E-state index contributed by atoms with van der Waals surface area (Å²) in [6.07, 6.45) is 0. The van der Waals surface area contributed by atoms with Crippen LogP contribution in [0.5, 0.6) is 5.75 Å². The lowest BCUT2D eigenvalue weighted by Crippen LogP contribution is -2.14. The van der Waals surface area contributed by atoms with Gasteiger partial charge in [-0.2, -0.15) is 0 Å². The van der Waals surface area contributed by atoms with Crippen LogP contribution in [0.3, 0.4) is 0 Å². The van der Waals surface area contributed by atoms with Crippen molar-refractivity contribution < 1.29 is 5.11 Å². The highest BCUT2D eigenvalue weighted by Crippen LogP contribution is 2.33. The zero-order valence-corrected chi connectivity index (χ0v) is 14.4. The van der Waals surface area contributed by atoms with Crippen molar-refractivity contribution in [2.75, 3.05) is 24.3 Å². The number of aryl methyl sites for hydroxylation is 1. The van der Waals surface area contributed by atoms with E-state index in [1.165, 1.54) is 0 Å². The summed E-state index contributed by atoms with van der Waals surface area (Å²) in [5.74, 6) is 0.321. The van der Waals surface area contributed by atoms with Gasteiger partial charge in [-0.3, -0.25) is 0 Å². The van der Waals surface area contributed by atoms with Crippen LogP contribution in [0.2, 0.25) is 0 Å². The van der Waals surface area contributed by atoms with Gasteiger partial charge >= 0.3 is 0 Å². The van der Waals surface area contributed by atoms with Crippen molar-refractivity contribution >= 4 is 27.3 Å². The molecule has 0 bridgehead atoms. The first-order chi connectivity index (χ1) is 9.88. The Morgan fingerprint density at radius 3 is 2.52 bits per heavy atom. The van der Waals surface area contributed by atoms with Crippen molar-refractivity contribution in [3.05, 3.63) is 52.0 Å². The van der Waals surface area contributed by atoms with Crippen LogP contribution in [-0.4, -0.2) is 19.2 Å². The number of nitrogens with zero attached hydrogens (tertiary/aromatic N) is 1. The summed E-state index contributed by atoms with van der Waals surface area (Å²) in [6.45, 7) is 4.08. The van der Waals surface area contributed by atoms with E-state index in [0.717, 1.165) is 27.0 Å². The van der Waals surface area contributed by atoms with E-state index in [9.17, 15) is 5.11 Å². The molecule has 2 aromatic carbocycles. The van der Waals surface area contributed by atoms with E-state index < -0.39 is 0 Å². The van der Waals surface area contributed by atoms with Crippen molar-refractivity contribution in [2.45, 2.75) is 19.9 Å². The minimum absolute atomic E-state index is 0.0119. The van der Waals surface area contributed by atoms with Crippen molar-refractivity contribution in [3.8, 4) is 5.75 Å². The van der Waals surface area contributed by atoms with Gasteiger partial charge in [-0.05, 0) is 38.1 Å². The van der Waals surface area contributed by atoms with Crippen molar-refractivity contribution in [3.63, 3.8) is 0 Å². The average Bonchev–Trinajstić information content (AvgIpc) is 2.41. The highest BCUT2D eigenvalue weighted by molar-refractivity contribution is 9.10. The minimum atomic E-state index is 0.0119. The molecule has 0 aliphatic carbocycles. The molecule has 0 saturated carbocycles. The van der Waals surface area contributed by atoms with Gasteiger partial charge in [-0.1, -0.05) is 33.6 Å². The van der Waals surface area contributed by atoms with Crippen LogP contribution < -0.4 is 10.2 Å². The van der Waals surface area contributed by atoms with Crippen LogP contribution in [0.25, 0.3) is 0 Å². The molecule has 1 unspecified atom stereocenters. The Balaban J connectivity index is 2.33. The fourth-order valence-electron chi connectivity index (χ4n) is 2.35. The number of phenols is 1. The second-order valence-corrected chi connectivity index (χ2v) is 6.40. The number of halogens is 1. The molecule has 21 heavy (non-hydrogen) atoms. The number of nitrogens with one attached hydrogen (secondary N) is 1. The Morgan fingerprint density at radius 1 is 1.14 bits per heavy atom. The highest BCUT2D eigenvalue weighted by atomic mass is 79.9. The lowest BCUT2D eigenvalue weighted by molar-refractivity contribution is 0.465. The van der Waals surface area contributed by atoms with Crippen molar-refractivity contribution in [1.29, 1.82) is 0 Å². The van der Waals surface area contributed by atoms with Gasteiger partial charge < -0.3 is 15.3 Å². The number of phenolic OH excluding ortho intramolecular Hbond substituents is 1. The number of benzene rings is 2. The summed E-state index contributed by atoms with van der Waals surface area (Å²) in [5, 5.41) is 13.5. The third-order valence-corrected chi connectivity index (χ3v) is 3.96. The first-order valence-corrected chi connectivity index (χ1v) is 7.70. The predicted octanol–water partition coefficient (Wildman–Crippen LogP) is 4.70. The molecule has 0 saturated heterocycles. The first kappa shape index (κ1) is 15.7. The molecule has 0 aliphatic rings. The molecule has 2 N–H and O–H groups in total. The Kier molecular flexibility index (Phi) is 4.78. The molecule has 2 rings (SSSR count). The summed E-state index contributed by atoms with van der Waals surface area (Å²) in [4.78, 5) is 2.07. The maximum Gasteiger partial charge on any atom is 0.120 e. The molecule has 1 atom stereocenters. The monoisotopic (exact) mass is 348 g/mol. The molecule has 112 valence electrons. The first-order valence-electron chi connectivity index (χ1n) is 6.91. The molecule has 0 spiro atoms. The van der Waals surface area contributed by atoms with Gasteiger partial charge in [0.1, 0.15) is 5.75 Å². The van der Waals surface area contributed by atoms with Gasteiger partial charge in [0, 0.05) is 24.1 Å². The van der Waals surface area contributed by atoms with Gasteiger partial charge in [0.2, 0.25) is 0 Å². The number of anilines is 2. The van der Waals surface area contributed by atoms with Gasteiger partial charge in [-0.15, -0.1) is 0 Å². The summed E-state index contributed by atoms with van der Waals surface area (Å²) < 4.78 is 1.02. The largest absolute Gasteiger partial charge is 0.508 e. The quantitative estimate of drug-likeness (QED) is 0.840. The topological polar surface area (TPSA) is 35.5 Å². The SMILES string of the molecule is Cc1ccc(O)c(C(C)Nc2cc(Br)ccc2N(C)C)c1. The number of rotatable bonds is 4. The third kappa shape index (κ3) is 3.70. The fraction of sp³-hybridized carbons (Fsp3) is 0.294. The molecular weight excluding hydrogens is 328 g/mol. The lowest BCUT2D eigenvalue weighted by atomic mass is 10.0. The predicted molar refractivity (Wildman–Crippen MR) is 93.4 cm³/mol. The normalized spacial score (nSPS) is 12.0. The highest BCUT2D eigenvalue weighted by Gasteiger charge is 2.13. The third-order valence-electron chi connectivity index (χ3n) is 3.46. The summed E-state index contributed by atoms with van der Waals surface area (Å²) in [7, 11) is 4.03. The smallest absolute Gasteiger partial charge is 0.120 e. The molecule has 0 radical (unpaired) electrons. The molecular formula is C17H21BrN2O. The van der Waals surface area contributed by atoms with Crippen LogP contribution in [0.4, 0.5) is 11.4 Å². The Labute approximate surface area is 134 Å². The summed E-state index contributed by atoms with van der Waals surface area (Å²) in [5.41, 5.74) is 4.18. The van der Waals surface area contributed by atoms with Crippen LogP contribution >= 0.6 is 15.9 Å². The summed E-state index contributed by atoms with van der Waals surface area (Å²) >= 11 is 3.51. The lowest BCUT2D eigenvalue weighted by Gasteiger charge is -2.23. The molecule has 0 aromatic heterocycles. The Morgan fingerprint density at radius 2 is 1.86 bits per heavy atom. The number of hydrogen-bond acceptors (Lipinski definition) is 3. The van der Waals surface area contributed by atoms with Gasteiger partial charge in [-0.25, -0.2) is 0 Å². The zero-order valence-electron chi connectivity index (χ0n) is 12.8. The van der Waals surface area contributed by atoms with E-state index in [1.807, 2.05) is 39.2 Å². The molecule has 2 aromatic rings. The second kappa shape index (κ2) is 6.39. The van der Waals surface area contributed by atoms with Crippen LogP contribution in [0.1, 0.15) is 24.1 Å². The number of aromatic hydroxyl groups is 1. The Hall–Kier alpha value is -1.68. The van der Waals surface area contributed by atoms with E-state index >= 15 is 0 Å². The molecule has 4 heteroatoms. The second-order valence-electron chi connectivity index (χ2n) is 5.48. The summed E-state index contributed by atoms with van der Waals surface area (Å²) in [6, 6.07) is 11.8.